The van der Waals surface area contributed by atoms with Gasteiger partial charge in [-0.15, -0.1) is 0 Å². The summed E-state index contributed by atoms with van der Waals surface area (Å²) in [5.74, 6) is -0.0731. The zero-order chi connectivity index (χ0) is 29.1. The van der Waals surface area contributed by atoms with Crippen LogP contribution in [0.1, 0.15) is 17.0 Å². The van der Waals surface area contributed by atoms with Crippen molar-refractivity contribution >= 4 is 23.4 Å². The van der Waals surface area contributed by atoms with E-state index < -0.39 is 11.8 Å². The first-order valence-corrected chi connectivity index (χ1v) is 13.7. The molecule has 1 fully saturated rings. The number of urea groups is 1. The summed E-state index contributed by atoms with van der Waals surface area (Å²) in [5.41, 5.74) is 3.64. The van der Waals surface area contributed by atoms with Crippen molar-refractivity contribution in [1.82, 2.24) is 24.6 Å². The predicted molar refractivity (Wildman–Crippen MR) is 157 cm³/mol. The average Bonchev–Trinajstić information content (AvgIpc) is 3.51. The molecule has 0 radical (unpaired) electrons. The van der Waals surface area contributed by atoms with Crippen LogP contribution in [0.5, 0.6) is 0 Å². The van der Waals surface area contributed by atoms with Crippen LogP contribution in [-0.2, 0) is 11.8 Å². The molecule has 1 aliphatic rings. The van der Waals surface area contributed by atoms with E-state index in [1.807, 2.05) is 37.3 Å². The molecule has 0 aliphatic carbocycles. The summed E-state index contributed by atoms with van der Waals surface area (Å²) in [4.78, 5) is 27.7. The molecule has 2 N–H and O–H groups in total. The summed E-state index contributed by atoms with van der Waals surface area (Å²) in [6.45, 7) is 4.39. The van der Waals surface area contributed by atoms with Crippen LogP contribution in [0.25, 0.3) is 16.9 Å². The third-order valence-corrected chi connectivity index (χ3v) is 7.70. The van der Waals surface area contributed by atoms with Gasteiger partial charge in [-0.25, -0.2) is 13.9 Å². The van der Waals surface area contributed by atoms with E-state index in [1.54, 1.807) is 43.2 Å². The maximum Gasteiger partial charge on any atom is 0.320 e. The highest BCUT2D eigenvalue weighted by atomic mass is 35.5. The Labute approximate surface area is 242 Å². The van der Waals surface area contributed by atoms with Gasteiger partial charge in [-0.3, -0.25) is 15.0 Å². The van der Waals surface area contributed by atoms with Crippen LogP contribution in [0.4, 0.5) is 15.0 Å². The van der Waals surface area contributed by atoms with Crippen LogP contribution < -0.4 is 16.2 Å². The number of carbonyl (C=O) groups excluding carboxylic acids is 1. The number of aromatic nitrogens is 3. The molecule has 2 amide bonds. The minimum absolute atomic E-state index is 0.0503. The largest absolute Gasteiger partial charge is 0.383 e. The van der Waals surface area contributed by atoms with Gasteiger partial charge >= 0.3 is 6.03 Å². The Morgan fingerprint density at radius 3 is 2.63 bits per heavy atom. The number of aryl methyl sites for hydroxylation is 1. The fourth-order valence-corrected chi connectivity index (χ4v) is 5.42. The molecule has 2 aromatic heterocycles. The Bertz CT molecular complexity index is 1610. The quantitative estimate of drug-likeness (QED) is 0.319. The number of carbonyl (C=O) groups is 1. The minimum atomic E-state index is -0.481. The summed E-state index contributed by atoms with van der Waals surface area (Å²) >= 11 is 6.10. The lowest BCUT2D eigenvalue weighted by Gasteiger charge is -2.21. The Hall–Kier alpha value is -3.99. The molecular weight excluding hydrogens is 547 g/mol. The van der Waals surface area contributed by atoms with E-state index in [9.17, 15) is 14.0 Å². The average molecular weight is 579 g/mol. The smallest absolute Gasteiger partial charge is 0.320 e. The molecule has 1 saturated heterocycles. The number of likely N-dealkylation sites (tertiary alicyclic amines) is 1. The number of benzene rings is 2. The van der Waals surface area contributed by atoms with Crippen molar-refractivity contribution in [3.05, 3.63) is 99.2 Å². The number of halogens is 2. The van der Waals surface area contributed by atoms with E-state index in [-0.39, 0.29) is 22.5 Å². The molecule has 0 bridgehead atoms. The van der Waals surface area contributed by atoms with Gasteiger partial charge in [0.2, 0.25) is 5.56 Å². The molecule has 11 heteroatoms. The molecule has 2 aromatic carbocycles. The number of anilines is 1. The SMILES string of the molecule is COCCN1CC(c2ccc(F)c(Cl)c2)[C@H](NC(=O)Nc2c(C)c(-c3ccc(=O)n(C)c3)nn2-c2ccccc2)C1. The number of pyridine rings is 1. The normalized spacial score (nSPS) is 17.1. The number of methoxy groups -OCH3 is 1. The molecule has 0 spiro atoms. The molecule has 2 atom stereocenters. The molecule has 3 heterocycles. The maximum atomic E-state index is 13.9. The van der Waals surface area contributed by atoms with Crippen LogP contribution in [0.2, 0.25) is 5.02 Å². The first-order valence-electron chi connectivity index (χ1n) is 13.3. The summed E-state index contributed by atoms with van der Waals surface area (Å²) in [5, 5.41) is 11.0. The second-order valence-electron chi connectivity index (χ2n) is 10.2. The van der Waals surface area contributed by atoms with E-state index in [1.165, 1.54) is 16.7 Å². The molecule has 1 unspecified atom stereocenters. The number of nitrogens with one attached hydrogen (secondary N) is 2. The summed E-state index contributed by atoms with van der Waals surface area (Å²) < 4.78 is 22.3. The lowest BCUT2D eigenvalue weighted by molar-refractivity contribution is 0.159. The van der Waals surface area contributed by atoms with E-state index in [0.29, 0.717) is 37.8 Å². The van der Waals surface area contributed by atoms with Crippen molar-refractivity contribution in [2.24, 2.45) is 7.05 Å². The molecule has 214 valence electrons. The van der Waals surface area contributed by atoms with Crippen molar-refractivity contribution in [2.45, 2.75) is 18.9 Å². The van der Waals surface area contributed by atoms with Gasteiger partial charge in [0.1, 0.15) is 11.6 Å². The molecular formula is C30H32ClFN6O3. The summed E-state index contributed by atoms with van der Waals surface area (Å²) in [7, 11) is 3.34. The monoisotopic (exact) mass is 578 g/mol. The highest BCUT2D eigenvalue weighted by Gasteiger charge is 2.35. The third-order valence-electron chi connectivity index (χ3n) is 7.41. The predicted octanol–water partition coefficient (Wildman–Crippen LogP) is 4.57. The van der Waals surface area contributed by atoms with Gasteiger partial charge in [-0.2, -0.15) is 5.10 Å². The highest BCUT2D eigenvalue weighted by molar-refractivity contribution is 6.30. The number of ether oxygens (including phenoxy) is 1. The molecule has 41 heavy (non-hydrogen) atoms. The number of hydrogen-bond donors (Lipinski definition) is 2. The van der Waals surface area contributed by atoms with Gasteiger partial charge in [0.05, 0.1) is 29.1 Å². The standard InChI is InChI=1S/C30H32ClFN6O3/c1-19-28(21-10-12-27(39)36(2)16-21)35-38(22-7-5-4-6-8-22)29(19)34-30(40)33-26-18-37(13-14-41-3)17-23(26)20-9-11-25(32)24(31)15-20/h4-12,15-16,23,26H,13-14,17-18H2,1-3H3,(H2,33,34,40)/t23?,26-/m1/s1. The fourth-order valence-electron chi connectivity index (χ4n) is 5.23. The number of para-hydroxylation sites is 1. The second kappa shape index (κ2) is 12.3. The van der Waals surface area contributed by atoms with Crippen LogP contribution in [-0.4, -0.2) is 64.7 Å². The first-order chi connectivity index (χ1) is 19.7. The van der Waals surface area contributed by atoms with E-state index >= 15 is 0 Å². The van der Waals surface area contributed by atoms with Crippen molar-refractivity contribution in [1.29, 1.82) is 0 Å². The molecule has 9 nitrogen and oxygen atoms in total. The van der Waals surface area contributed by atoms with Crippen molar-refractivity contribution in [3.8, 4) is 16.9 Å². The van der Waals surface area contributed by atoms with Crippen molar-refractivity contribution < 1.29 is 13.9 Å². The van der Waals surface area contributed by atoms with E-state index in [2.05, 4.69) is 15.5 Å². The molecule has 0 saturated carbocycles. The Morgan fingerprint density at radius 2 is 1.93 bits per heavy atom. The second-order valence-corrected chi connectivity index (χ2v) is 10.6. The fraction of sp³-hybridized carbons (Fsp3) is 0.300. The van der Waals surface area contributed by atoms with Crippen molar-refractivity contribution in [3.63, 3.8) is 0 Å². The van der Waals surface area contributed by atoms with Crippen LogP contribution in [0.3, 0.4) is 0 Å². The Balaban J connectivity index is 1.44. The molecule has 1 aliphatic heterocycles. The Morgan fingerprint density at radius 1 is 1.15 bits per heavy atom. The van der Waals surface area contributed by atoms with Crippen molar-refractivity contribution in [2.75, 3.05) is 38.7 Å². The van der Waals surface area contributed by atoms with Gasteiger partial charge in [0.25, 0.3) is 0 Å². The van der Waals surface area contributed by atoms with Gasteiger partial charge < -0.3 is 14.6 Å². The Kier molecular flexibility index (Phi) is 8.53. The zero-order valence-electron chi connectivity index (χ0n) is 23.1. The van der Waals surface area contributed by atoms with E-state index in [0.717, 1.165) is 22.4 Å². The van der Waals surface area contributed by atoms with Crippen LogP contribution in [0, 0.1) is 12.7 Å². The summed E-state index contributed by atoms with van der Waals surface area (Å²) in [6.07, 6.45) is 1.72. The lowest BCUT2D eigenvalue weighted by Crippen LogP contribution is -2.42. The molecule has 5 rings (SSSR count). The first kappa shape index (κ1) is 28.5. The lowest BCUT2D eigenvalue weighted by atomic mass is 9.94. The minimum Gasteiger partial charge on any atom is -0.383 e. The summed E-state index contributed by atoms with van der Waals surface area (Å²) in [6, 6.07) is 16.8. The third kappa shape index (κ3) is 6.19. The van der Waals surface area contributed by atoms with E-state index in [4.69, 9.17) is 21.4 Å². The van der Waals surface area contributed by atoms with Gasteiger partial charge in [-0.1, -0.05) is 35.9 Å². The zero-order valence-corrected chi connectivity index (χ0v) is 23.9. The maximum absolute atomic E-state index is 13.9. The molecule has 4 aromatic rings. The number of rotatable bonds is 8. The van der Waals surface area contributed by atoms with Crippen LogP contribution >= 0.6 is 11.6 Å². The van der Waals surface area contributed by atoms with Gasteiger partial charge in [-0.05, 0) is 42.8 Å². The number of amides is 2. The number of nitrogens with zero attached hydrogens (tertiary/aromatic N) is 4. The van der Waals surface area contributed by atoms with Gasteiger partial charge in [0.15, 0.2) is 0 Å². The van der Waals surface area contributed by atoms with Gasteiger partial charge in [0, 0.05) is 63.1 Å². The topological polar surface area (TPSA) is 93.4 Å². The van der Waals surface area contributed by atoms with Crippen LogP contribution in [0.15, 0.2) is 71.7 Å². The highest BCUT2D eigenvalue weighted by Crippen LogP contribution is 2.32. The number of hydrogen-bond acceptors (Lipinski definition) is 5.